The predicted octanol–water partition coefficient (Wildman–Crippen LogP) is 1.73. The average Bonchev–Trinajstić information content (AvgIpc) is 2.92. The zero-order chi connectivity index (χ0) is 20.7. The Morgan fingerprint density at radius 3 is 2.66 bits per heavy atom. The molecule has 1 aromatic heterocycles. The van der Waals surface area contributed by atoms with Crippen LogP contribution in [0.25, 0.3) is 0 Å². The van der Waals surface area contributed by atoms with E-state index in [9.17, 15) is 14.4 Å². The number of hydrogen-bond acceptors (Lipinski definition) is 5. The number of nitrogens with one attached hydrogen (secondary N) is 1. The van der Waals surface area contributed by atoms with Crippen LogP contribution in [0.3, 0.4) is 0 Å². The zero-order valence-electron chi connectivity index (χ0n) is 16.6. The van der Waals surface area contributed by atoms with E-state index in [1.54, 1.807) is 26.3 Å². The molecule has 0 radical (unpaired) electrons. The Morgan fingerprint density at radius 2 is 1.90 bits per heavy atom. The third-order valence-corrected chi connectivity index (χ3v) is 5.86. The van der Waals surface area contributed by atoms with E-state index in [1.165, 1.54) is 11.6 Å². The van der Waals surface area contributed by atoms with Crippen molar-refractivity contribution >= 4 is 11.5 Å². The number of anilines is 1. The highest BCUT2D eigenvalue weighted by Gasteiger charge is 2.42. The molecular weight excluding hydrogens is 370 g/mol. The smallest absolute Gasteiger partial charge is 0.330 e. The van der Waals surface area contributed by atoms with Gasteiger partial charge in [0, 0.05) is 43.4 Å². The first kappa shape index (κ1) is 19.0. The molecule has 4 rings (SSSR count). The molecular formula is C22H23N3O4. The third kappa shape index (κ3) is 3.12. The van der Waals surface area contributed by atoms with Crippen molar-refractivity contribution in [3.8, 4) is 5.75 Å². The molecule has 150 valence electrons. The highest BCUT2D eigenvalue weighted by Crippen LogP contribution is 2.40. The van der Waals surface area contributed by atoms with Gasteiger partial charge >= 0.3 is 5.69 Å². The number of carbonyl (C=O) groups excluding carboxylic acids is 1. The number of ketones is 1. The van der Waals surface area contributed by atoms with Crippen LogP contribution >= 0.6 is 0 Å². The number of methoxy groups -OCH3 is 1. The summed E-state index contributed by atoms with van der Waals surface area (Å²) in [5, 5.41) is 3.43. The van der Waals surface area contributed by atoms with Crippen molar-refractivity contribution < 1.29 is 9.53 Å². The minimum absolute atomic E-state index is 0.00350. The fraction of sp³-hybridized carbons (Fsp3) is 0.318. The second kappa shape index (κ2) is 7.24. The molecule has 3 atom stereocenters. The van der Waals surface area contributed by atoms with Crippen molar-refractivity contribution in [1.82, 2.24) is 9.13 Å². The van der Waals surface area contributed by atoms with Crippen LogP contribution in [-0.2, 0) is 25.3 Å². The maximum atomic E-state index is 13.1. The number of carbonyl (C=O) groups is 1. The standard InChI is InChI=1S/C22H23N3O4/c1-24-17-12-16-15(9-4-5-10-18(16)26)20(19(17)21(27)25(2)22(24)28)23-13-7-6-8-14(11-13)29-3/h4-11,15-16,20,23H,12H2,1-3H3/t15-,16-,20-/m0/s1. The molecule has 1 heterocycles. The van der Waals surface area contributed by atoms with Gasteiger partial charge in [0.15, 0.2) is 5.78 Å². The van der Waals surface area contributed by atoms with Crippen molar-refractivity contribution in [2.24, 2.45) is 25.9 Å². The van der Waals surface area contributed by atoms with Crippen molar-refractivity contribution in [2.45, 2.75) is 12.5 Å². The Labute approximate surface area is 167 Å². The Morgan fingerprint density at radius 1 is 1.10 bits per heavy atom. The van der Waals surface area contributed by atoms with Crippen LogP contribution in [0, 0.1) is 11.8 Å². The maximum absolute atomic E-state index is 13.1. The van der Waals surface area contributed by atoms with Crippen molar-refractivity contribution in [1.29, 1.82) is 0 Å². The van der Waals surface area contributed by atoms with E-state index < -0.39 is 6.04 Å². The van der Waals surface area contributed by atoms with Gasteiger partial charge in [0.2, 0.25) is 0 Å². The predicted molar refractivity (Wildman–Crippen MR) is 110 cm³/mol. The first-order valence-electron chi connectivity index (χ1n) is 9.50. The second-order valence-electron chi connectivity index (χ2n) is 7.45. The molecule has 2 aliphatic carbocycles. The zero-order valence-corrected chi connectivity index (χ0v) is 16.6. The van der Waals surface area contributed by atoms with Gasteiger partial charge in [0.25, 0.3) is 5.56 Å². The second-order valence-corrected chi connectivity index (χ2v) is 7.45. The Kier molecular flexibility index (Phi) is 4.74. The van der Waals surface area contributed by atoms with Crippen molar-refractivity contribution in [2.75, 3.05) is 12.4 Å². The molecule has 0 aliphatic heterocycles. The maximum Gasteiger partial charge on any atom is 0.330 e. The van der Waals surface area contributed by atoms with E-state index in [2.05, 4.69) is 5.32 Å². The van der Waals surface area contributed by atoms with Crippen molar-refractivity contribution in [3.05, 3.63) is 80.7 Å². The van der Waals surface area contributed by atoms with Crippen LogP contribution in [0.4, 0.5) is 5.69 Å². The Balaban J connectivity index is 1.92. The largest absolute Gasteiger partial charge is 0.497 e. The first-order chi connectivity index (χ1) is 13.9. The number of allylic oxidation sites excluding steroid dienone is 3. The van der Waals surface area contributed by atoms with E-state index in [0.29, 0.717) is 23.4 Å². The molecule has 0 bridgehead atoms. The van der Waals surface area contributed by atoms with Gasteiger partial charge < -0.3 is 14.6 Å². The minimum atomic E-state index is -0.457. The fourth-order valence-corrected chi connectivity index (χ4v) is 4.30. The van der Waals surface area contributed by atoms with Crippen LogP contribution < -0.4 is 21.3 Å². The molecule has 1 aromatic carbocycles. The third-order valence-electron chi connectivity index (χ3n) is 5.86. The number of benzene rings is 1. The summed E-state index contributed by atoms with van der Waals surface area (Å²) in [6.07, 6.45) is 7.46. The van der Waals surface area contributed by atoms with Gasteiger partial charge in [-0.1, -0.05) is 24.3 Å². The lowest BCUT2D eigenvalue weighted by atomic mass is 9.72. The molecule has 0 saturated heterocycles. The summed E-state index contributed by atoms with van der Waals surface area (Å²) in [6, 6.07) is 6.97. The van der Waals surface area contributed by atoms with Crippen molar-refractivity contribution in [3.63, 3.8) is 0 Å². The van der Waals surface area contributed by atoms with Gasteiger partial charge in [-0.3, -0.25) is 14.2 Å². The molecule has 7 heteroatoms. The lowest BCUT2D eigenvalue weighted by molar-refractivity contribution is -0.119. The number of aromatic nitrogens is 2. The lowest BCUT2D eigenvalue weighted by Gasteiger charge is -2.38. The van der Waals surface area contributed by atoms with E-state index in [0.717, 1.165) is 10.3 Å². The van der Waals surface area contributed by atoms with E-state index in [-0.39, 0.29) is 28.9 Å². The molecule has 0 spiro atoms. The highest BCUT2D eigenvalue weighted by atomic mass is 16.5. The summed E-state index contributed by atoms with van der Waals surface area (Å²) in [5.41, 5.74) is 1.18. The highest BCUT2D eigenvalue weighted by molar-refractivity contribution is 5.93. The molecule has 0 amide bonds. The van der Waals surface area contributed by atoms with E-state index >= 15 is 0 Å². The van der Waals surface area contributed by atoms with Crippen LogP contribution in [0.5, 0.6) is 5.75 Å². The monoisotopic (exact) mass is 393 g/mol. The van der Waals surface area contributed by atoms with Gasteiger partial charge in [-0.15, -0.1) is 0 Å². The van der Waals surface area contributed by atoms with Crippen LogP contribution in [-0.4, -0.2) is 22.0 Å². The van der Waals surface area contributed by atoms with Gasteiger partial charge in [0.05, 0.1) is 18.7 Å². The number of ether oxygens (including phenoxy) is 1. The molecule has 1 N–H and O–H groups in total. The molecule has 2 aliphatic rings. The van der Waals surface area contributed by atoms with E-state index in [1.807, 2.05) is 36.4 Å². The van der Waals surface area contributed by atoms with Gasteiger partial charge in [-0.25, -0.2) is 4.79 Å². The number of rotatable bonds is 3. The quantitative estimate of drug-likeness (QED) is 0.859. The normalized spacial score (nSPS) is 22.6. The van der Waals surface area contributed by atoms with E-state index in [4.69, 9.17) is 4.74 Å². The fourth-order valence-electron chi connectivity index (χ4n) is 4.30. The minimum Gasteiger partial charge on any atom is -0.497 e. The lowest BCUT2D eigenvalue weighted by Crippen LogP contribution is -2.48. The average molecular weight is 393 g/mol. The van der Waals surface area contributed by atoms with Gasteiger partial charge in [-0.05, 0) is 24.6 Å². The first-order valence-corrected chi connectivity index (χ1v) is 9.50. The molecule has 2 aromatic rings. The summed E-state index contributed by atoms with van der Waals surface area (Å²) in [7, 11) is 4.72. The number of hydrogen-bond donors (Lipinski definition) is 1. The molecule has 7 nitrogen and oxygen atoms in total. The van der Waals surface area contributed by atoms with Crippen LogP contribution in [0.1, 0.15) is 17.3 Å². The number of fused-ring (bicyclic) bond motifs is 2. The summed E-state index contributed by atoms with van der Waals surface area (Å²) in [6.45, 7) is 0. The Hall–Kier alpha value is -3.35. The van der Waals surface area contributed by atoms with Gasteiger partial charge in [0.1, 0.15) is 5.75 Å². The number of nitrogens with zero attached hydrogens (tertiary/aromatic N) is 2. The summed E-state index contributed by atoms with van der Waals surface area (Å²) in [4.78, 5) is 38.4. The molecule has 0 saturated carbocycles. The molecule has 0 fully saturated rings. The summed E-state index contributed by atoms with van der Waals surface area (Å²) >= 11 is 0. The topological polar surface area (TPSA) is 82.3 Å². The molecule has 0 unspecified atom stereocenters. The SMILES string of the molecule is COc1cccc(N[C@@H]2c3c(n(C)c(=O)n(C)c3=O)C[C@@H]3C(=O)C=CC=C[C@@H]32)c1. The summed E-state index contributed by atoms with van der Waals surface area (Å²) < 4.78 is 7.92. The Bertz CT molecular complexity index is 1160. The van der Waals surface area contributed by atoms with Crippen LogP contribution in [0.2, 0.25) is 0 Å². The molecule has 29 heavy (non-hydrogen) atoms. The van der Waals surface area contributed by atoms with Gasteiger partial charge in [-0.2, -0.15) is 0 Å². The summed E-state index contributed by atoms with van der Waals surface area (Å²) in [5.74, 6) is 0.112. The van der Waals surface area contributed by atoms with Crippen LogP contribution in [0.15, 0.2) is 58.2 Å².